The number of esters is 2. The average molecular weight is 583 g/mol. The minimum absolute atomic E-state index is 0.0637. The van der Waals surface area contributed by atoms with Gasteiger partial charge in [-0.25, -0.2) is 10.2 Å². The van der Waals surface area contributed by atoms with Crippen molar-refractivity contribution in [2.24, 2.45) is 0 Å². The predicted octanol–water partition coefficient (Wildman–Crippen LogP) is 2.58. The molecule has 1 amide bonds. The van der Waals surface area contributed by atoms with Crippen LogP contribution in [0.2, 0.25) is 0 Å². The highest BCUT2D eigenvalue weighted by molar-refractivity contribution is 9.10. The molecule has 4 atom stereocenters. The number of hydrogen-bond acceptors (Lipinski definition) is 11. The van der Waals surface area contributed by atoms with E-state index in [1.54, 1.807) is 17.2 Å². The van der Waals surface area contributed by atoms with Crippen LogP contribution in [0.3, 0.4) is 0 Å². The number of non-ortho nitro benzene ring substituents is 1. The maximum atomic E-state index is 13.4. The molecule has 0 aliphatic carbocycles. The van der Waals surface area contributed by atoms with E-state index in [9.17, 15) is 24.5 Å². The first kappa shape index (κ1) is 24.2. The Morgan fingerprint density at radius 1 is 1.31 bits per heavy atom. The van der Waals surface area contributed by atoms with Crippen LogP contribution in [0.15, 0.2) is 46.5 Å². The number of thioether (sulfide) groups is 2. The number of β-lactam (4-membered cyclic amide) rings is 1. The van der Waals surface area contributed by atoms with Crippen molar-refractivity contribution in [1.29, 1.82) is 0 Å². The lowest BCUT2D eigenvalue weighted by molar-refractivity contribution is -0.384. The Kier molecular flexibility index (Phi) is 6.32. The van der Waals surface area contributed by atoms with E-state index in [-0.39, 0.29) is 23.4 Å². The van der Waals surface area contributed by atoms with Gasteiger partial charge >= 0.3 is 11.9 Å². The summed E-state index contributed by atoms with van der Waals surface area (Å²) in [5, 5.41) is 15.8. The Bertz CT molecular complexity index is 1180. The fourth-order valence-corrected chi connectivity index (χ4v) is 7.65. The molecule has 4 heterocycles. The number of fused-ring (bicyclic) bond motifs is 2. The van der Waals surface area contributed by atoms with Gasteiger partial charge < -0.3 is 9.47 Å². The van der Waals surface area contributed by atoms with Crippen molar-refractivity contribution in [2.75, 3.05) is 6.54 Å². The van der Waals surface area contributed by atoms with Crippen LogP contribution in [0.1, 0.15) is 18.9 Å². The highest BCUT2D eigenvalue weighted by atomic mass is 79.9. The summed E-state index contributed by atoms with van der Waals surface area (Å²) in [5.74, 6) is -1.62. The zero-order valence-electron chi connectivity index (χ0n) is 18.2. The molecule has 2 saturated heterocycles. The Morgan fingerprint density at radius 3 is 2.74 bits per heavy atom. The molecule has 4 unspecified atom stereocenters. The second-order valence-electron chi connectivity index (χ2n) is 8.12. The number of rotatable bonds is 7. The van der Waals surface area contributed by atoms with Crippen molar-refractivity contribution in [3.8, 4) is 0 Å². The molecule has 0 radical (unpaired) electrons. The molecule has 4 aliphatic rings. The lowest BCUT2D eigenvalue weighted by Crippen LogP contribution is -2.73. The first-order chi connectivity index (χ1) is 16.7. The zero-order valence-corrected chi connectivity index (χ0v) is 21.4. The van der Waals surface area contributed by atoms with E-state index in [1.165, 1.54) is 47.9 Å². The molecule has 5 rings (SSSR count). The van der Waals surface area contributed by atoms with Gasteiger partial charge in [0.05, 0.1) is 16.0 Å². The van der Waals surface area contributed by atoms with E-state index in [0.29, 0.717) is 11.3 Å². The smallest absolute Gasteiger partial charge is 0.355 e. The number of alkyl halides is 1. The predicted molar refractivity (Wildman–Crippen MR) is 130 cm³/mol. The summed E-state index contributed by atoms with van der Waals surface area (Å²) in [4.78, 5) is 49.7. The van der Waals surface area contributed by atoms with Gasteiger partial charge in [0.2, 0.25) is 0 Å². The summed E-state index contributed by atoms with van der Waals surface area (Å²) in [7, 11) is 0. The summed E-state index contributed by atoms with van der Waals surface area (Å²) in [6.45, 7) is 1.97. The Balaban J connectivity index is 1.28. The fourth-order valence-electron chi connectivity index (χ4n) is 4.27. The minimum atomic E-state index is -1.26. The van der Waals surface area contributed by atoms with E-state index < -0.39 is 38.6 Å². The quantitative estimate of drug-likeness (QED) is 0.167. The van der Waals surface area contributed by atoms with Gasteiger partial charge in [-0.1, -0.05) is 15.9 Å². The Morgan fingerprint density at radius 2 is 2.06 bits per heavy atom. The third-order valence-electron chi connectivity index (χ3n) is 5.95. The van der Waals surface area contributed by atoms with Gasteiger partial charge in [0.25, 0.3) is 11.6 Å². The molecule has 1 aromatic carbocycles. The lowest BCUT2D eigenvalue weighted by atomic mass is 9.88. The molecule has 0 bridgehead atoms. The number of nitrogens with zero attached hydrogens (tertiary/aromatic N) is 3. The van der Waals surface area contributed by atoms with Crippen LogP contribution in [0.5, 0.6) is 0 Å². The van der Waals surface area contributed by atoms with Crippen molar-refractivity contribution in [1.82, 2.24) is 15.3 Å². The minimum Gasteiger partial charge on any atom is -0.456 e. The van der Waals surface area contributed by atoms with Gasteiger partial charge in [-0.3, -0.25) is 29.6 Å². The van der Waals surface area contributed by atoms with Crippen LogP contribution in [0, 0.1) is 10.1 Å². The van der Waals surface area contributed by atoms with Crippen LogP contribution in [0.4, 0.5) is 5.69 Å². The molecule has 35 heavy (non-hydrogen) atoms. The summed E-state index contributed by atoms with van der Waals surface area (Å²) in [6.07, 6.45) is 0.0188. The van der Waals surface area contributed by atoms with Crippen molar-refractivity contribution in [3.63, 3.8) is 0 Å². The molecule has 4 aliphatic heterocycles. The van der Waals surface area contributed by atoms with E-state index >= 15 is 0 Å². The third kappa shape index (κ3) is 4.01. The maximum absolute atomic E-state index is 13.4. The Labute approximate surface area is 216 Å². The van der Waals surface area contributed by atoms with Crippen LogP contribution < -0.4 is 5.43 Å². The average Bonchev–Trinajstić information content (AvgIpc) is 3.55. The summed E-state index contributed by atoms with van der Waals surface area (Å²) in [6, 6.07) is 5.65. The molecule has 1 N–H and O–H groups in total. The van der Waals surface area contributed by atoms with Gasteiger partial charge in [0.15, 0.2) is 10.4 Å². The van der Waals surface area contributed by atoms with Crippen molar-refractivity contribution in [3.05, 3.63) is 62.2 Å². The highest BCUT2D eigenvalue weighted by Crippen LogP contribution is 2.56. The topological polar surface area (TPSA) is 131 Å². The molecule has 2 fully saturated rings. The molecule has 0 saturated carbocycles. The first-order valence-electron chi connectivity index (χ1n) is 10.6. The molecule has 0 aromatic heterocycles. The number of nitrogens with one attached hydrogen (secondary N) is 1. The molecule has 11 nitrogen and oxygen atoms in total. The van der Waals surface area contributed by atoms with E-state index in [2.05, 4.69) is 21.4 Å². The van der Waals surface area contributed by atoms with Crippen LogP contribution in [-0.4, -0.2) is 60.4 Å². The number of amides is 1. The molecule has 14 heteroatoms. The third-order valence-corrected chi connectivity index (χ3v) is 9.78. The largest absolute Gasteiger partial charge is 0.456 e. The van der Waals surface area contributed by atoms with Gasteiger partial charge in [-0.15, -0.1) is 23.5 Å². The lowest BCUT2D eigenvalue weighted by Gasteiger charge is -2.52. The number of carbonyl (C=O) groups excluding carboxylic acids is 3. The van der Waals surface area contributed by atoms with Crippen molar-refractivity contribution in [2.45, 2.75) is 41.1 Å². The molecule has 184 valence electrons. The fraction of sp³-hybridized carbons (Fsp3) is 0.381. The zero-order chi connectivity index (χ0) is 24.9. The highest BCUT2D eigenvalue weighted by Gasteiger charge is 2.70. The summed E-state index contributed by atoms with van der Waals surface area (Å²) < 4.78 is 9.75. The van der Waals surface area contributed by atoms with Crippen LogP contribution >= 0.6 is 39.5 Å². The monoisotopic (exact) mass is 582 g/mol. The van der Waals surface area contributed by atoms with Crippen LogP contribution in [-0.2, 0) is 30.5 Å². The second-order valence-corrected chi connectivity index (χ2v) is 11.4. The first-order valence-corrected chi connectivity index (χ1v) is 13.2. The number of nitro benzene ring substituents is 1. The van der Waals surface area contributed by atoms with Gasteiger partial charge in [-0.2, -0.15) is 0 Å². The van der Waals surface area contributed by atoms with Crippen LogP contribution in [0.25, 0.3) is 0 Å². The number of carbonyl (C=O) groups is 3. The molecule has 1 aromatic rings. The molecule has 0 spiro atoms. The van der Waals surface area contributed by atoms with Gasteiger partial charge in [0, 0.05) is 31.0 Å². The summed E-state index contributed by atoms with van der Waals surface area (Å²) >= 11 is 6.44. The molecular formula is C21H19BrN4O7S2. The van der Waals surface area contributed by atoms with E-state index in [1.807, 2.05) is 10.4 Å². The number of ether oxygens (including phenoxy) is 2. The second kappa shape index (κ2) is 9.15. The number of halogens is 1. The number of hydrazine groups is 1. The number of benzene rings is 1. The van der Waals surface area contributed by atoms with Gasteiger partial charge in [0.1, 0.15) is 17.7 Å². The standard InChI is InChI=1S/C21H19BrN4O7S2/c1-11(27)33-17(14-9-34-16-6-7-23-25(14)16)21(22)19(29)24-15(10-35-20(21)24)18(28)32-8-12-2-4-13(5-3-12)26(30)31/h2-5,9-10,16-17,20,23H,6-8H2,1H3. The number of nitro groups is 1. The Hall–Kier alpha value is -2.55. The van der Waals surface area contributed by atoms with E-state index in [0.717, 1.165) is 13.0 Å². The van der Waals surface area contributed by atoms with Gasteiger partial charge in [-0.05, 0) is 29.5 Å². The number of hydrogen-bond donors (Lipinski definition) is 1. The van der Waals surface area contributed by atoms with Crippen molar-refractivity contribution >= 4 is 63.0 Å². The maximum Gasteiger partial charge on any atom is 0.355 e. The van der Waals surface area contributed by atoms with Crippen molar-refractivity contribution < 1.29 is 28.8 Å². The molecular weight excluding hydrogens is 564 g/mol. The normalized spacial score (nSPS) is 27.4. The summed E-state index contributed by atoms with van der Waals surface area (Å²) in [5.41, 5.74) is 4.55. The van der Waals surface area contributed by atoms with E-state index in [4.69, 9.17) is 9.47 Å². The SMILES string of the molecule is CC(=O)OC(C1=CSC2CCNN12)C1(Br)C(=O)N2C(C(=O)OCc3ccc([N+](=O)[O-])cc3)=CSC21.